The number of nitrogens with one attached hydrogen (secondary N) is 1. The smallest absolute Gasteiger partial charge is 0.302 e. The number of nitrogens with two attached hydrogens (primary N) is 1. The van der Waals surface area contributed by atoms with E-state index in [0.29, 0.717) is 11.3 Å². The van der Waals surface area contributed by atoms with Gasteiger partial charge in [-0.2, -0.15) is 0 Å². The van der Waals surface area contributed by atoms with E-state index in [2.05, 4.69) is 10.3 Å². The zero-order valence-corrected chi connectivity index (χ0v) is 20.3. The molecule has 3 aromatic rings. The molecule has 0 radical (unpaired) electrons. The first-order valence-corrected chi connectivity index (χ1v) is 11.8. The van der Waals surface area contributed by atoms with Crippen LogP contribution in [-0.4, -0.2) is 48.9 Å². The number of fused-ring (bicyclic) bond motifs is 1. The minimum Gasteiger partial charge on any atom is -0.464 e. The SMILES string of the molecule is CC(=O)OCCN1C(=O)[C@@H](NC(=O)[C@@H](N)Cc2ccccc2)N=C(c2ccccc2F)c2ccccc21. The third-order valence-corrected chi connectivity index (χ3v) is 5.87. The number of para-hydroxylation sites is 1. The van der Waals surface area contributed by atoms with Crippen LogP contribution in [0.3, 0.4) is 0 Å². The van der Waals surface area contributed by atoms with Crippen LogP contribution in [0.5, 0.6) is 0 Å². The van der Waals surface area contributed by atoms with Gasteiger partial charge in [-0.05, 0) is 30.2 Å². The summed E-state index contributed by atoms with van der Waals surface area (Å²) < 4.78 is 20.0. The summed E-state index contributed by atoms with van der Waals surface area (Å²) in [5, 5.41) is 2.64. The molecule has 2 atom stereocenters. The molecule has 0 saturated carbocycles. The zero-order chi connectivity index (χ0) is 26.4. The van der Waals surface area contributed by atoms with E-state index in [-0.39, 0.29) is 30.8 Å². The van der Waals surface area contributed by atoms with Crippen molar-refractivity contribution >= 4 is 29.2 Å². The monoisotopic (exact) mass is 502 g/mol. The molecular weight excluding hydrogens is 475 g/mol. The van der Waals surface area contributed by atoms with Gasteiger partial charge >= 0.3 is 5.97 Å². The molecule has 0 bridgehead atoms. The Bertz CT molecular complexity index is 1330. The highest BCUT2D eigenvalue weighted by molar-refractivity contribution is 6.20. The molecule has 3 aromatic carbocycles. The maximum Gasteiger partial charge on any atom is 0.302 e. The summed E-state index contributed by atoms with van der Waals surface area (Å²) in [5.41, 5.74) is 8.35. The van der Waals surface area contributed by atoms with Crippen LogP contribution >= 0.6 is 0 Å². The van der Waals surface area contributed by atoms with E-state index in [1.807, 2.05) is 30.3 Å². The number of hydrogen-bond acceptors (Lipinski definition) is 6. The second-order valence-corrected chi connectivity index (χ2v) is 8.51. The number of nitrogens with zero attached hydrogens (tertiary/aromatic N) is 2. The second-order valence-electron chi connectivity index (χ2n) is 8.51. The van der Waals surface area contributed by atoms with Gasteiger partial charge in [0.1, 0.15) is 12.4 Å². The van der Waals surface area contributed by atoms with Crippen LogP contribution in [0, 0.1) is 5.82 Å². The van der Waals surface area contributed by atoms with Gasteiger partial charge in [-0.3, -0.25) is 14.4 Å². The van der Waals surface area contributed by atoms with Gasteiger partial charge in [-0.15, -0.1) is 0 Å². The first-order chi connectivity index (χ1) is 17.8. The van der Waals surface area contributed by atoms with Crippen molar-refractivity contribution < 1.29 is 23.5 Å². The van der Waals surface area contributed by atoms with Crippen molar-refractivity contribution in [2.24, 2.45) is 10.7 Å². The Balaban J connectivity index is 1.71. The van der Waals surface area contributed by atoms with Gasteiger partial charge in [-0.25, -0.2) is 9.38 Å². The Morgan fingerprint density at radius 1 is 1.03 bits per heavy atom. The molecule has 1 heterocycles. The summed E-state index contributed by atoms with van der Waals surface area (Å²) in [6.45, 7) is 1.21. The number of esters is 1. The Morgan fingerprint density at radius 2 is 1.68 bits per heavy atom. The van der Waals surface area contributed by atoms with Crippen LogP contribution in [0.1, 0.15) is 23.6 Å². The summed E-state index contributed by atoms with van der Waals surface area (Å²) in [6.07, 6.45) is -1.12. The third-order valence-electron chi connectivity index (χ3n) is 5.87. The number of carbonyl (C=O) groups is 3. The number of benzodiazepines with no additional fused rings is 1. The van der Waals surface area contributed by atoms with Crippen molar-refractivity contribution in [2.45, 2.75) is 25.6 Å². The molecule has 0 unspecified atom stereocenters. The Labute approximate surface area is 213 Å². The molecule has 0 saturated heterocycles. The molecule has 8 nitrogen and oxygen atoms in total. The number of carbonyl (C=O) groups excluding carboxylic acids is 3. The van der Waals surface area contributed by atoms with E-state index in [9.17, 15) is 18.8 Å². The summed E-state index contributed by atoms with van der Waals surface area (Å²) in [7, 11) is 0. The van der Waals surface area contributed by atoms with E-state index >= 15 is 0 Å². The average molecular weight is 503 g/mol. The largest absolute Gasteiger partial charge is 0.464 e. The lowest BCUT2D eigenvalue weighted by molar-refractivity contribution is -0.141. The van der Waals surface area contributed by atoms with Gasteiger partial charge in [0, 0.05) is 18.1 Å². The normalized spacial score (nSPS) is 15.8. The summed E-state index contributed by atoms with van der Waals surface area (Å²) in [4.78, 5) is 44.0. The summed E-state index contributed by atoms with van der Waals surface area (Å²) in [6, 6.07) is 21.3. The van der Waals surface area contributed by atoms with E-state index in [0.717, 1.165) is 5.56 Å². The molecule has 9 heteroatoms. The number of halogens is 1. The second kappa shape index (κ2) is 11.6. The number of amides is 2. The molecule has 0 fully saturated rings. The number of ether oxygens (including phenoxy) is 1. The highest BCUT2D eigenvalue weighted by atomic mass is 19.1. The number of benzene rings is 3. The number of aliphatic imine (C=N–C) groups is 1. The molecule has 2 amide bonds. The fourth-order valence-corrected chi connectivity index (χ4v) is 4.11. The molecule has 190 valence electrons. The van der Waals surface area contributed by atoms with E-state index < -0.39 is 35.8 Å². The van der Waals surface area contributed by atoms with Gasteiger partial charge in [-0.1, -0.05) is 60.7 Å². The fourth-order valence-electron chi connectivity index (χ4n) is 4.11. The van der Waals surface area contributed by atoms with Gasteiger partial charge in [0.25, 0.3) is 5.91 Å². The highest BCUT2D eigenvalue weighted by Crippen LogP contribution is 2.29. The molecule has 37 heavy (non-hydrogen) atoms. The van der Waals surface area contributed by atoms with Crippen molar-refractivity contribution in [2.75, 3.05) is 18.1 Å². The molecule has 1 aliphatic rings. The van der Waals surface area contributed by atoms with Crippen LogP contribution in [0.15, 0.2) is 83.9 Å². The van der Waals surface area contributed by atoms with Crippen LogP contribution in [0.25, 0.3) is 0 Å². The molecule has 3 N–H and O–H groups in total. The minimum atomic E-state index is -1.38. The highest BCUT2D eigenvalue weighted by Gasteiger charge is 2.34. The van der Waals surface area contributed by atoms with Crippen molar-refractivity contribution in [3.63, 3.8) is 0 Å². The molecule has 0 aliphatic carbocycles. The fraction of sp³-hybridized carbons (Fsp3) is 0.214. The van der Waals surface area contributed by atoms with Gasteiger partial charge < -0.3 is 20.7 Å². The van der Waals surface area contributed by atoms with Crippen LogP contribution in [0.2, 0.25) is 0 Å². The predicted octanol–water partition coefficient (Wildman–Crippen LogP) is 2.59. The lowest BCUT2D eigenvalue weighted by Gasteiger charge is -2.25. The van der Waals surface area contributed by atoms with Crippen molar-refractivity contribution in [3.05, 3.63) is 101 Å². The van der Waals surface area contributed by atoms with Crippen LogP contribution < -0.4 is 16.0 Å². The molecule has 1 aliphatic heterocycles. The summed E-state index contributed by atoms with van der Waals surface area (Å²) in [5.74, 6) is -2.16. The van der Waals surface area contributed by atoms with E-state index in [1.54, 1.807) is 42.5 Å². The Kier molecular flexibility index (Phi) is 8.05. The third kappa shape index (κ3) is 6.07. The van der Waals surface area contributed by atoms with Crippen molar-refractivity contribution in [1.82, 2.24) is 5.32 Å². The number of rotatable bonds is 8. The average Bonchev–Trinajstić information content (AvgIpc) is 3.00. The standard InChI is InChI=1S/C28H27FN4O4/c1-18(34)37-16-15-33-24-14-8-6-12-21(24)25(20-11-5-7-13-22(20)29)31-26(28(33)36)32-27(35)23(30)17-19-9-3-2-4-10-19/h2-14,23,26H,15-17,30H2,1H3,(H,32,35)/t23-,26+/m0/s1. The Morgan fingerprint density at radius 3 is 2.38 bits per heavy atom. The lowest BCUT2D eigenvalue weighted by atomic mass is 10.00. The molecular formula is C28H27FN4O4. The first kappa shape index (κ1) is 25.7. The quantitative estimate of drug-likeness (QED) is 0.460. The van der Waals surface area contributed by atoms with Crippen LogP contribution in [-0.2, 0) is 25.5 Å². The predicted molar refractivity (Wildman–Crippen MR) is 138 cm³/mol. The van der Waals surface area contributed by atoms with Crippen LogP contribution in [0.4, 0.5) is 10.1 Å². The maximum atomic E-state index is 14.9. The van der Waals surface area contributed by atoms with Gasteiger partial charge in [0.05, 0.1) is 24.0 Å². The Hall–Kier alpha value is -4.37. The minimum absolute atomic E-state index is 0.0118. The zero-order valence-electron chi connectivity index (χ0n) is 20.3. The van der Waals surface area contributed by atoms with Gasteiger partial charge in [0.15, 0.2) is 0 Å². The lowest BCUT2D eigenvalue weighted by Crippen LogP contribution is -2.52. The molecule has 0 spiro atoms. The number of hydrogen-bond donors (Lipinski definition) is 2. The summed E-state index contributed by atoms with van der Waals surface area (Å²) >= 11 is 0. The maximum absolute atomic E-state index is 14.9. The molecule has 0 aromatic heterocycles. The molecule has 4 rings (SSSR count). The first-order valence-electron chi connectivity index (χ1n) is 11.8. The van der Waals surface area contributed by atoms with E-state index in [1.165, 1.54) is 17.9 Å². The van der Waals surface area contributed by atoms with Crippen molar-refractivity contribution in [1.29, 1.82) is 0 Å². The topological polar surface area (TPSA) is 114 Å². The van der Waals surface area contributed by atoms with E-state index in [4.69, 9.17) is 10.5 Å². The van der Waals surface area contributed by atoms with Crippen molar-refractivity contribution in [3.8, 4) is 0 Å². The number of anilines is 1. The van der Waals surface area contributed by atoms with Gasteiger partial charge in [0.2, 0.25) is 12.1 Å².